The Morgan fingerprint density at radius 2 is 2.05 bits per heavy atom. The van der Waals surface area contributed by atoms with Crippen LogP contribution >= 0.6 is 11.6 Å². The molecular weight excluding hydrogens is 264 g/mol. The molecule has 1 aromatic carbocycles. The van der Waals surface area contributed by atoms with E-state index >= 15 is 0 Å². The van der Waals surface area contributed by atoms with Gasteiger partial charge in [0, 0.05) is 22.8 Å². The van der Waals surface area contributed by atoms with Gasteiger partial charge in [-0.1, -0.05) is 11.6 Å². The first-order valence-electron chi connectivity index (χ1n) is 6.28. The summed E-state index contributed by atoms with van der Waals surface area (Å²) in [5.74, 6) is 0. The predicted molar refractivity (Wildman–Crippen MR) is 78.9 cm³/mol. The fourth-order valence-corrected chi connectivity index (χ4v) is 2.01. The molecule has 0 saturated heterocycles. The smallest absolute Gasteiger partial charge is 0.408 e. The number of hydrogen-bond acceptors (Lipinski definition) is 2. The zero-order chi connectivity index (χ0) is 14.6. The zero-order valence-electron chi connectivity index (χ0n) is 11.8. The second-order valence-electron chi connectivity index (χ2n) is 5.37. The predicted octanol–water partition coefficient (Wildman–Crippen LogP) is 4.05. The van der Waals surface area contributed by atoms with Gasteiger partial charge in [-0.25, -0.2) is 4.79 Å². The van der Waals surface area contributed by atoms with Crippen molar-refractivity contribution in [2.24, 2.45) is 0 Å². The summed E-state index contributed by atoms with van der Waals surface area (Å²) >= 11 is 6.00. The van der Waals surface area contributed by atoms with Crippen molar-refractivity contribution in [2.75, 3.05) is 11.9 Å². The third kappa shape index (κ3) is 4.31. The van der Waals surface area contributed by atoms with Gasteiger partial charge in [0.05, 0.1) is 6.54 Å². The number of benzene rings is 1. The highest BCUT2D eigenvalue weighted by atomic mass is 35.5. The molecule has 0 bridgehead atoms. The highest BCUT2D eigenvalue weighted by Crippen LogP contribution is 2.25. The lowest BCUT2D eigenvalue weighted by molar-refractivity contribution is 0.0957. The summed E-state index contributed by atoms with van der Waals surface area (Å²) in [6, 6.07) is 5.48. The minimum atomic E-state index is -0.935. The first kappa shape index (κ1) is 15.6. The molecule has 0 aliphatic rings. The van der Waals surface area contributed by atoms with Crippen LogP contribution in [-0.4, -0.2) is 28.2 Å². The molecule has 19 heavy (non-hydrogen) atoms. The summed E-state index contributed by atoms with van der Waals surface area (Å²) in [6.45, 7) is 8.70. The van der Waals surface area contributed by atoms with E-state index in [9.17, 15) is 9.90 Å². The third-order valence-electron chi connectivity index (χ3n) is 2.80. The molecule has 0 atom stereocenters. The van der Waals surface area contributed by atoms with E-state index in [2.05, 4.69) is 5.32 Å². The summed E-state index contributed by atoms with van der Waals surface area (Å²) in [5.41, 5.74) is 1.34. The Hall–Kier alpha value is -1.42. The fraction of sp³-hybridized carbons (Fsp3) is 0.500. The van der Waals surface area contributed by atoms with Gasteiger partial charge in [0.25, 0.3) is 0 Å². The van der Waals surface area contributed by atoms with Crippen LogP contribution in [0, 0.1) is 0 Å². The van der Waals surface area contributed by atoms with E-state index in [4.69, 9.17) is 11.6 Å². The van der Waals surface area contributed by atoms with Gasteiger partial charge in [0.15, 0.2) is 0 Å². The minimum Gasteiger partial charge on any atom is -0.465 e. The van der Waals surface area contributed by atoms with E-state index in [1.165, 1.54) is 4.90 Å². The quantitative estimate of drug-likeness (QED) is 0.877. The number of nitrogens with zero attached hydrogens (tertiary/aromatic N) is 1. The normalized spacial score (nSPS) is 11.2. The molecular formula is C14H21ClN2O2. The number of hydrogen-bond donors (Lipinski definition) is 2. The largest absolute Gasteiger partial charge is 0.465 e. The molecule has 0 radical (unpaired) electrons. The molecule has 0 aliphatic carbocycles. The number of amides is 1. The van der Waals surface area contributed by atoms with Crippen molar-refractivity contribution in [1.82, 2.24) is 4.90 Å². The summed E-state index contributed by atoms with van der Waals surface area (Å²) < 4.78 is 0. The summed E-state index contributed by atoms with van der Waals surface area (Å²) in [4.78, 5) is 12.8. The van der Waals surface area contributed by atoms with Gasteiger partial charge < -0.3 is 10.4 Å². The van der Waals surface area contributed by atoms with Crippen LogP contribution in [0.5, 0.6) is 0 Å². The highest BCUT2D eigenvalue weighted by Gasteiger charge is 2.26. The average molecular weight is 285 g/mol. The Morgan fingerprint density at radius 3 is 2.53 bits per heavy atom. The number of carboxylic acid groups (broad SMARTS) is 1. The van der Waals surface area contributed by atoms with Gasteiger partial charge in [-0.3, -0.25) is 4.90 Å². The van der Waals surface area contributed by atoms with Crippen LogP contribution in [0.2, 0.25) is 5.02 Å². The highest BCUT2D eigenvalue weighted by molar-refractivity contribution is 6.30. The Labute approximate surface area is 119 Å². The maximum Gasteiger partial charge on any atom is 0.408 e. The number of rotatable bonds is 4. The summed E-state index contributed by atoms with van der Waals surface area (Å²) in [7, 11) is 0. The van der Waals surface area contributed by atoms with Gasteiger partial charge in [-0.15, -0.1) is 0 Å². The lowest BCUT2D eigenvalue weighted by Crippen LogP contribution is -2.44. The van der Waals surface area contributed by atoms with Crippen LogP contribution < -0.4 is 5.32 Å². The minimum absolute atomic E-state index is 0.307. The molecule has 1 amide bonds. The molecule has 5 heteroatoms. The summed E-state index contributed by atoms with van der Waals surface area (Å²) in [5, 5.41) is 13.2. The number of carbonyl (C=O) groups is 1. The van der Waals surface area contributed by atoms with E-state index in [0.29, 0.717) is 11.6 Å². The van der Waals surface area contributed by atoms with E-state index in [0.717, 1.165) is 17.8 Å². The van der Waals surface area contributed by atoms with Crippen LogP contribution in [0.1, 0.15) is 33.3 Å². The van der Waals surface area contributed by atoms with Crippen LogP contribution in [0.25, 0.3) is 0 Å². The molecule has 0 fully saturated rings. The lowest BCUT2D eigenvalue weighted by Gasteiger charge is -2.33. The Balaban J connectivity index is 3.08. The number of anilines is 1. The maximum atomic E-state index is 11.4. The van der Waals surface area contributed by atoms with Crippen molar-refractivity contribution >= 4 is 23.4 Å². The standard InChI is InChI=1S/C14H21ClN2O2/c1-5-16-12-7-6-11(15)8-10(12)9-17(13(18)19)14(2,3)4/h6-8,16H,5,9H2,1-4H3,(H,18,19). The SMILES string of the molecule is CCNc1ccc(Cl)cc1CN(C(=O)O)C(C)(C)C. The molecule has 4 nitrogen and oxygen atoms in total. The molecule has 0 saturated carbocycles. The zero-order valence-corrected chi connectivity index (χ0v) is 12.6. The van der Waals surface area contributed by atoms with Crippen molar-refractivity contribution < 1.29 is 9.90 Å². The second kappa shape index (κ2) is 6.15. The van der Waals surface area contributed by atoms with Gasteiger partial charge in [-0.05, 0) is 51.5 Å². The molecule has 1 rings (SSSR count). The van der Waals surface area contributed by atoms with E-state index in [-0.39, 0.29) is 0 Å². The molecule has 0 aromatic heterocycles. The topological polar surface area (TPSA) is 52.6 Å². The van der Waals surface area contributed by atoms with Gasteiger partial charge in [0.2, 0.25) is 0 Å². The molecule has 1 aromatic rings. The van der Waals surface area contributed by atoms with Gasteiger partial charge >= 0.3 is 6.09 Å². The molecule has 0 aliphatic heterocycles. The van der Waals surface area contributed by atoms with Crippen LogP contribution in [0.15, 0.2) is 18.2 Å². The Kier molecular flexibility index (Phi) is 5.06. The van der Waals surface area contributed by atoms with Gasteiger partial charge in [-0.2, -0.15) is 0 Å². The first-order valence-corrected chi connectivity index (χ1v) is 6.66. The second-order valence-corrected chi connectivity index (χ2v) is 5.81. The van der Waals surface area contributed by atoms with E-state index in [1.54, 1.807) is 12.1 Å². The average Bonchev–Trinajstić information content (AvgIpc) is 2.27. The van der Waals surface area contributed by atoms with Crippen molar-refractivity contribution in [1.29, 1.82) is 0 Å². The van der Waals surface area contributed by atoms with E-state index < -0.39 is 11.6 Å². The van der Waals surface area contributed by atoms with Crippen molar-refractivity contribution in [3.63, 3.8) is 0 Å². The summed E-state index contributed by atoms with van der Waals surface area (Å²) in [6.07, 6.45) is -0.935. The van der Waals surface area contributed by atoms with Crippen molar-refractivity contribution in [3.05, 3.63) is 28.8 Å². The molecule has 2 N–H and O–H groups in total. The van der Waals surface area contributed by atoms with Crippen molar-refractivity contribution in [3.8, 4) is 0 Å². The maximum absolute atomic E-state index is 11.4. The van der Waals surface area contributed by atoms with Crippen molar-refractivity contribution in [2.45, 2.75) is 39.8 Å². The third-order valence-corrected chi connectivity index (χ3v) is 3.04. The number of nitrogens with one attached hydrogen (secondary N) is 1. The Morgan fingerprint density at radius 1 is 1.42 bits per heavy atom. The van der Waals surface area contributed by atoms with Gasteiger partial charge in [0.1, 0.15) is 0 Å². The lowest BCUT2D eigenvalue weighted by atomic mass is 10.0. The monoisotopic (exact) mass is 284 g/mol. The first-order chi connectivity index (χ1) is 8.75. The molecule has 0 heterocycles. The van der Waals surface area contributed by atoms with E-state index in [1.807, 2.05) is 33.8 Å². The molecule has 0 unspecified atom stereocenters. The molecule has 0 spiro atoms. The van der Waals surface area contributed by atoms with Crippen LogP contribution in [0.4, 0.5) is 10.5 Å². The van der Waals surface area contributed by atoms with Crippen LogP contribution in [0.3, 0.4) is 0 Å². The fourth-order valence-electron chi connectivity index (χ4n) is 1.82. The van der Waals surface area contributed by atoms with Crippen LogP contribution in [-0.2, 0) is 6.54 Å². The Bertz CT molecular complexity index is 455. The molecule has 106 valence electrons. The number of halogens is 1.